The predicted molar refractivity (Wildman–Crippen MR) is 87.6 cm³/mol. The van der Waals surface area contributed by atoms with Gasteiger partial charge in [-0.2, -0.15) is 4.80 Å². The van der Waals surface area contributed by atoms with Crippen LogP contribution in [0.1, 0.15) is 6.92 Å². The van der Waals surface area contributed by atoms with Gasteiger partial charge in [0.2, 0.25) is 5.82 Å². The van der Waals surface area contributed by atoms with Crippen LogP contribution in [0.4, 0.5) is 14.5 Å². The first-order chi connectivity index (χ1) is 12.1. The molecule has 3 rings (SSSR count). The summed E-state index contributed by atoms with van der Waals surface area (Å²) in [5.41, 5.74) is 1.19. The molecule has 0 aliphatic heterocycles. The molecule has 8 heteroatoms. The third kappa shape index (κ3) is 3.85. The average molecular weight is 343 g/mol. The van der Waals surface area contributed by atoms with E-state index in [1.807, 2.05) is 6.92 Å². The van der Waals surface area contributed by atoms with Crippen molar-refractivity contribution in [2.75, 3.05) is 11.4 Å². The smallest absolute Gasteiger partial charge is 0.250 e. The number of carbonyl (C=O) groups excluding carboxylic acids is 1. The van der Waals surface area contributed by atoms with Gasteiger partial charge in [0.25, 0.3) is 5.91 Å². The van der Waals surface area contributed by atoms with Gasteiger partial charge in [0.05, 0.1) is 0 Å². The van der Waals surface area contributed by atoms with E-state index < -0.39 is 0 Å². The van der Waals surface area contributed by atoms with E-state index in [2.05, 4.69) is 15.4 Å². The summed E-state index contributed by atoms with van der Waals surface area (Å²) in [7, 11) is 0. The Morgan fingerprint density at radius 3 is 2.24 bits per heavy atom. The molecular formula is C17H15F2N5O. The fraction of sp³-hybridized carbons (Fsp3) is 0.176. The van der Waals surface area contributed by atoms with Crippen molar-refractivity contribution in [3.8, 4) is 11.4 Å². The van der Waals surface area contributed by atoms with Crippen molar-refractivity contribution in [2.24, 2.45) is 0 Å². The van der Waals surface area contributed by atoms with Gasteiger partial charge in [-0.3, -0.25) is 4.79 Å². The molecular weight excluding hydrogens is 328 g/mol. The molecule has 1 amide bonds. The highest BCUT2D eigenvalue weighted by molar-refractivity contribution is 5.92. The Labute approximate surface area is 142 Å². The van der Waals surface area contributed by atoms with Gasteiger partial charge in [-0.05, 0) is 60.7 Å². The molecule has 0 fully saturated rings. The molecule has 0 saturated carbocycles. The number of amides is 1. The van der Waals surface area contributed by atoms with Crippen LogP contribution in [-0.4, -0.2) is 32.7 Å². The first-order valence-corrected chi connectivity index (χ1v) is 7.66. The van der Waals surface area contributed by atoms with Crippen LogP contribution in [0, 0.1) is 11.6 Å². The van der Waals surface area contributed by atoms with Crippen molar-refractivity contribution in [1.29, 1.82) is 0 Å². The number of anilines is 1. The topological polar surface area (TPSA) is 63.9 Å². The molecule has 3 aromatic rings. The van der Waals surface area contributed by atoms with Crippen molar-refractivity contribution < 1.29 is 13.6 Å². The molecule has 0 saturated heterocycles. The van der Waals surface area contributed by atoms with Gasteiger partial charge in [0, 0.05) is 17.8 Å². The zero-order valence-electron chi connectivity index (χ0n) is 13.4. The molecule has 0 aliphatic rings. The molecule has 0 aliphatic carbocycles. The van der Waals surface area contributed by atoms with E-state index in [-0.39, 0.29) is 24.1 Å². The minimum Gasteiger partial charge on any atom is -0.311 e. The number of benzene rings is 2. The Morgan fingerprint density at radius 2 is 1.64 bits per heavy atom. The third-order valence-corrected chi connectivity index (χ3v) is 3.59. The van der Waals surface area contributed by atoms with Crippen LogP contribution in [0.2, 0.25) is 0 Å². The molecule has 0 atom stereocenters. The third-order valence-electron chi connectivity index (χ3n) is 3.59. The van der Waals surface area contributed by atoms with E-state index in [0.717, 1.165) is 0 Å². The zero-order chi connectivity index (χ0) is 17.8. The summed E-state index contributed by atoms with van der Waals surface area (Å²) in [6, 6.07) is 11.3. The highest BCUT2D eigenvalue weighted by Gasteiger charge is 2.16. The van der Waals surface area contributed by atoms with Crippen LogP contribution >= 0.6 is 0 Å². The minimum atomic E-state index is -0.367. The van der Waals surface area contributed by atoms with Crippen molar-refractivity contribution in [2.45, 2.75) is 13.5 Å². The van der Waals surface area contributed by atoms with E-state index in [9.17, 15) is 13.6 Å². The van der Waals surface area contributed by atoms with Gasteiger partial charge < -0.3 is 4.90 Å². The minimum absolute atomic E-state index is 0.112. The van der Waals surface area contributed by atoms with E-state index >= 15 is 0 Å². The first kappa shape index (κ1) is 16.7. The van der Waals surface area contributed by atoms with Gasteiger partial charge in [-0.15, -0.1) is 10.2 Å². The molecule has 0 radical (unpaired) electrons. The van der Waals surface area contributed by atoms with Crippen LogP contribution in [0.25, 0.3) is 11.4 Å². The van der Waals surface area contributed by atoms with Gasteiger partial charge in [-0.25, -0.2) is 8.78 Å². The lowest BCUT2D eigenvalue weighted by atomic mass is 10.2. The van der Waals surface area contributed by atoms with Gasteiger partial charge in [-0.1, -0.05) is 0 Å². The molecule has 6 nitrogen and oxygen atoms in total. The summed E-state index contributed by atoms with van der Waals surface area (Å²) in [6.45, 7) is 2.13. The number of hydrogen-bond acceptors (Lipinski definition) is 4. The quantitative estimate of drug-likeness (QED) is 0.714. The van der Waals surface area contributed by atoms with Crippen LogP contribution in [0.15, 0.2) is 48.5 Å². The maximum atomic E-state index is 13.0. The summed E-state index contributed by atoms with van der Waals surface area (Å²) in [6.07, 6.45) is 0. The number of hydrogen-bond donors (Lipinski definition) is 0. The Hall–Kier alpha value is -3.16. The Morgan fingerprint density at radius 1 is 1.04 bits per heavy atom. The molecule has 25 heavy (non-hydrogen) atoms. The Bertz CT molecular complexity index is 862. The highest BCUT2D eigenvalue weighted by Crippen LogP contribution is 2.16. The Balaban J connectivity index is 1.74. The normalized spacial score (nSPS) is 10.7. The molecule has 0 spiro atoms. The molecule has 0 N–H and O–H groups in total. The molecule has 1 aromatic heterocycles. The van der Waals surface area contributed by atoms with E-state index in [1.54, 1.807) is 0 Å². The molecule has 0 unspecified atom stereocenters. The van der Waals surface area contributed by atoms with E-state index in [4.69, 9.17) is 0 Å². The zero-order valence-corrected chi connectivity index (χ0v) is 13.4. The van der Waals surface area contributed by atoms with Crippen LogP contribution in [0.3, 0.4) is 0 Å². The lowest BCUT2D eigenvalue weighted by molar-refractivity contribution is -0.119. The fourth-order valence-corrected chi connectivity index (χ4v) is 2.36. The standard InChI is InChI=1S/C17H15F2N5O/c1-2-23(15-9-7-14(19)8-10-15)16(25)11-24-21-17(20-22-24)12-3-5-13(18)6-4-12/h3-10H,2,11H2,1H3. The van der Waals surface area contributed by atoms with Crippen molar-refractivity contribution in [1.82, 2.24) is 20.2 Å². The largest absolute Gasteiger partial charge is 0.311 e. The number of rotatable bonds is 5. The SMILES string of the molecule is CCN(C(=O)Cn1nnc(-c2ccc(F)cc2)n1)c1ccc(F)cc1. The summed E-state index contributed by atoms with van der Waals surface area (Å²) in [5.74, 6) is -0.673. The maximum absolute atomic E-state index is 13.0. The van der Waals surface area contributed by atoms with E-state index in [1.165, 1.54) is 58.2 Å². The summed E-state index contributed by atoms with van der Waals surface area (Å²) < 4.78 is 26.0. The second-order valence-corrected chi connectivity index (χ2v) is 5.26. The number of halogens is 2. The van der Waals surface area contributed by atoms with Gasteiger partial charge in [0.15, 0.2) is 0 Å². The predicted octanol–water partition coefficient (Wildman–Crippen LogP) is 2.67. The summed E-state index contributed by atoms with van der Waals surface area (Å²) >= 11 is 0. The second-order valence-electron chi connectivity index (χ2n) is 5.26. The number of tetrazole rings is 1. The molecule has 2 aromatic carbocycles. The van der Waals surface area contributed by atoms with Crippen molar-refractivity contribution in [3.63, 3.8) is 0 Å². The number of carbonyl (C=O) groups is 1. The van der Waals surface area contributed by atoms with Crippen LogP contribution in [0.5, 0.6) is 0 Å². The maximum Gasteiger partial charge on any atom is 0.250 e. The monoisotopic (exact) mass is 343 g/mol. The lowest BCUT2D eigenvalue weighted by Crippen LogP contribution is -2.34. The average Bonchev–Trinajstić information content (AvgIpc) is 3.06. The van der Waals surface area contributed by atoms with Crippen molar-refractivity contribution >= 4 is 11.6 Å². The Kier molecular flexibility index (Phi) is 4.78. The van der Waals surface area contributed by atoms with Crippen LogP contribution in [-0.2, 0) is 11.3 Å². The molecule has 1 heterocycles. The second kappa shape index (κ2) is 7.16. The molecule has 128 valence electrons. The van der Waals surface area contributed by atoms with Gasteiger partial charge >= 0.3 is 0 Å². The molecule has 0 bridgehead atoms. The number of likely N-dealkylation sites (N-methyl/N-ethyl adjacent to an activating group) is 1. The summed E-state index contributed by atoms with van der Waals surface area (Å²) in [4.78, 5) is 15.1. The van der Waals surface area contributed by atoms with Crippen LogP contribution < -0.4 is 4.90 Å². The number of nitrogens with zero attached hydrogens (tertiary/aromatic N) is 5. The first-order valence-electron chi connectivity index (χ1n) is 7.66. The number of aromatic nitrogens is 4. The summed E-state index contributed by atoms with van der Waals surface area (Å²) in [5, 5.41) is 11.9. The lowest BCUT2D eigenvalue weighted by Gasteiger charge is -2.20. The van der Waals surface area contributed by atoms with E-state index in [0.29, 0.717) is 23.6 Å². The van der Waals surface area contributed by atoms with Crippen molar-refractivity contribution in [3.05, 3.63) is 60.2 Å². The fourth-order valence-electron chi connectivity index (χ4n) is 2.36. The highest BCUT2D eigenvalue weighted by atomic mass is 19.1. The van der Waals surface area contributed by atoms with Gasteiger partial charge in [0.1, 0.15) is 18.2 Å².